The third-order valence-electron chi connectivity index (χ3n) is 4.46. The van der Waals surface area contributed by atoms with Gasteiger partial charge in [-0.2, -0.15) is 0 Å². The minimum Gasteiger partial charge on any atom is -0.493 e. The standard InChI is InChI=1S/C20H23NO5/c1-24-18-10-9-13(11-19(18)25-2)21-20(23)12-26-17-8-4-5-14-15(17)6-3-7-16(14)22/h4-5,8-11,16,22H,3,6-7,12H2,1-2H3,(H,21,23)/t16-/m1/s1. The molecule has 0 saturated carbocycles. The Labute approximate surface area is 152 Å². The fourth-order valence-electron chi connectivity index (χ4n) is 3.18. The van der Waals surface area contributed by atoms with E-state index in [9.17, 15) is 9.90 Å². The van der Waals surface area contributed by atoms with Crippen LogP contribution in [0, 0.1) is 0 Å². The minimum atomic E-state index is -0.456. The first-order valence-corrected chi connectivity index (χ1v) is 8.57. The lowest BCUT2D eigenvalue weighted by Crippen LogP contribution is -2.21. The highest BCUT2D eigenvalue weighted by molar-refractivity contribution is 5.92. The van der Waals surface area contributed by atoms with E-state index < -0.39 is 6.10 Å². The van der Waals surface area contributed by atoms with E-state index in [4.69, 9.17) is 14.2 Å². The molecule has 6 nitrogen and oxygen atoms in total. The minimum absolute atomic E-state index is 0.110. The number of carbonyl (C=O) groups is 1. The molecule has 1 aliphatic carbocycles. The molecule has 0 aromatic heterocycles. The average molecular weight is 357 g/mol. The summed E-state index contributed by atoms with van der Waals surface area (Å²) in [6.45, 7) is -0.110. The van der Waals surface area contributed by atoms with Gasteiger partial charge in [0.05, 0.1) is 20.3 Å². The molecule has 1 atom stereocenters. The molecule has 2 aromatic rings. The molecule has 0 spiro atoms. The van der Waals surface area contributed by atoms with Gasteiger partial charge in [0.2, 0.25) is 0 Å². The molecule has 0 saturated heterocycles. The normalized spacial score (nSPS) is 15.7. The first-order valence-electron chi connectivity index (χ1n) is 8.57. The number of aliphatic hydroxyl groups is 1. The maximum Gasteiger partial charge on any atom is 0.262 e. The second-order valence-corrected chi connectivity index (χ2v) is 6.14. The van der Waals surface area contributed by atoms with Crippen LogP contribution >= 0.6 is 0 Å². The van der Waals surface area contributed by atoms with Crippen molar-refractivity contribution in [1.29, 1.82) is 0 Å². The lowest BCUT2D eigenvalue weighted by Gasteiger charge is -2.23. The monoisotopic (exact) mass is 357 g/mol. The third-order valence-corrected chi connectivity index (χ3v) is 4.46. The summed E-state index contributed by atoms with van der Waals surface area (Å²) in [5, 5.41) is 12.9. The number of hydrogen-bond donors (Lipinski definition) is 2. The summed E-state index contributed by atoms with van der Waals surface area (Å²) in [6, 6.07) is 10.7. The predicted molar refractivity (Wildman–Crippen MR) is 98.0 cm³/mol. The predicted octanol–water partition coefficient (Wildman–Crippen LogP) is 3.09. The number of anilines is 1. The Hall–Kier alpha value is -2.73. The van der Waals surface area contributed by atoms with E-state index >= 15 is 0 Å². The van der Waals surface area contributed by atoms with Crippen molar-refractivity contribution in [2.75, 3.05) is 26.1 Å². The lowest BCUT2D eigenvalue weighted by atomic mass is 9.89. The first kappa shape index (κ1) is 18.1. The number of hydrogen-bond acceptors (Lipinski definition) is 5. The highest BCUT2D eigenvalue weighted by Gasteiger charge is 2.21. The fraction of sp³-hybridized carbons (Fsp3) is 0.350. The Balaban J connectivity index is 1.64. The van der Waals surface area contributed by atoms with Gasteiger partial charge in [0.25, 0.3) is 5.91 Å². The largest absolute Gasteiger partial charge is 0.493 e. The van der Waals surface area contributed by atoms with E-state index in [0.717, 1.165) is 30.4 Å². The van der Waals surface area contributed by atoms with E-state index in [1.807, 2.05) is 18.2 Å². The number of rotatable bonds is 6. The second-order valence-electron chi connectivity index (χ2n) is 6.14. The molecular formula is C20H23NO5. The van der Waals surface area contributed by atoms with Crippen LogP contribution in [0.3, 0.4) is 0 Å². The Kier molecular flexibility index (Phi) is 5.63. The maximum atomic E-state index is 12.2. The molecule has 138 valence electrons. The summed E-state index contributed by atoms with van der Waals surface area (Å²) in [7, 11) is 3.10. The van der Waals surface area contributed by atoms with Crippen molar-refractivity contribution < 1.29 is 24.1 Å². The van der Waals surface area contributed by atoms with Gasteiger partial charge in [-0.3, -0.25) is 4.79 Å². The lowest BCUT2D eigenvalue weighted by molar-refractivity contribution is -0.118. The molecule has 0 heterocycles. The number of carbonyl (C=O) groups excluding carboxylic acids is 1. The maximum absolute atomic E-state index is 12.2. The van der Waals surface area contributed by atoms with Gasteiger partial charge in [0.15, 0.2) is 18.1 Å². The fourth-order valence-corrected chi connectivity index (χ4v) is 3.18. The van der Waals surface area contributed by atoms with Crippen LogP contribution in [0.15, 0.2) is 36.4 Å². The molecule has 1 aliphatic rings. The number of amides is 1. The van der Waals surface area contributed by atoms with Crippen molar-refractivity contribution in [2.24, 2.45) is 0 Å². The number of fused-ring (bicyclic) bond motifs is 1. The summed E-state index contributed by atoms with van der Waals surface area (Å²) in [6.07, 6.45) is 2.06. The number of methoxy groups -OCH3 is 2. The van der Waals surface area contributed by atoms with Gasteiger partial charge in [-0.15, -0.1) is 0 Å². The van der Waals surface area contributed by atoms with Gasteiger partial charge in [-0.25, -0.2) is 0 Å². The van der Waals surface area contributed by atoms with Gasteiger partial charge >= 0.3 is 0 Å². The van der Waals surface area contributed by atoms with Crippen LogP contribution in [0.5, 0.6) is 17.2 Å². The number of nitrogens with one attached hydrogen (secondary N) is 1. The molecule has 0 unspecified atom stereocenters. The molecule has 0 fully saturated rings. The molecule has 0 aliphatic heterocycles. The highest BCUT2D eigenvalue weighted by atomic mass is 16.5. The summed E-state index contributed by atoms with van der Waals surface area (Å²) >= 11 is 0. The van der Waals surface area contributed by atoms with Crippen molar-refractivity contribution >= 4 is 11.6 Å². The molecule has 1 amide bonds. The van der Waals surface area contributed by atoms with Crippen molar-refractivity contribution in [3.63, 3.8) is 0 Å². The van der Waals surface area contributed by atoms with E-state index in [2.05, 4.69) is 5.32 Å². The van der Waals surface area contributed by atoms with E-state index in [0.29, 0.717) is 22.9 Å². The Bertz CT molecular complexity index is 790. The van der Waals surface area contributed by atoms with E-state index in [1.165, 1.54) is 0 Å². The molecule has 6 heteroatoms. The van der Waals surface area contributed by atoms with Gasteiger partial charge < -0.3 is 24.6 Å². The van der Waals surface area contributed by atoms with Gasteiger partial charge in [0, 0.05) is 11.8 Å². The summed E-state index contributed by atoms with van der Waals surface area (Å²) in [5.41, 5.74) is 2.49. The van der Waals surface area contributed by atoms with Crippen LogP contribution in [0.2, 0.25) is 0 Å². The molecule has 2 aromatic carbocycles. The number of aliphatic hydroxyl groups excluding tert-OH is 1. The SMILES string of the molecule is COc1ccc(NC(=O)COc2cccc3c2CCC[C@H]3O)cc1OC. The zero-order valence-electron chi connectivity index (χ0n) is 15.0. The Morgan fingerprint density at radius 2 is 1.96 bits per heavy atom. The summed E-state index contributed by atoms with van der Waals surface area (Å²) < 4.78 is 16.1. The van der Waals surface area contributed by atoms with Gasteiger partial charge in [0.1, 0.15) is 5.75 Å². The van der Waals surface area contributed by atoms with Crippen molar-refractivity contribution in [3.8, 4) is 17.2 Å². The topological polar surface area (TPSA) is 77.0 Å². The molecule has 0 radical (unpaired) electrons. The van der Waals surface area contributed by atoms with Crippen LogP contribution in [0.4, 0.5) is 5.69 Å². The molecule has 26 heavy (non-hydrogen) atoms. The van der Waals surface area contributed by atoms with Crippen LogP contribution in [0.1, 0.15) is 30.1 Å². The number of benzene rings is 2. The van der Waals surface area contributed by atoms with Crippen molar-refractivity contribution in [2.45, 2.75) is 25.4 Å². The molecule has 2 N–H and O–H groups in total. The van der Waals surface area contributed by atoms with E-state index in [1.54, 1.807) is 32.4 Å². The van der Waals surface area contributed by atoms with Crippen LogP contribution in [-0.4, -0.2) is 31.8 Å². The zero-order chi connectivity index (χ0) is 18.5. The van der Waals surface area contributed by atoms with Gasteiger partial charge in [-0.05, 0) is 48.6 Å². The first-order chi connectivity index (χ1) is 12.6. The zero-order valence-corrected chi connectivity index (χ0v) is 15.0. The average Bonchev–Trinajstić information content (AvgIpc) is 2.66. The smallest absolute Gasteiger partial charge is 0.262 e. The van der Waals surface area contributed by atoms with Crippen molar-refractivity contribution in [1.82, 2.24) is 0 Å². The summed E-state index contributed by atoms with van der Waals surface area (Å²) in [4.78, 5) is 12.2. The van der Waals surface area contributed by atoms with E-state index in [-0.39, 0.29) is 12.5 Å². The van der Waals surface area contributed by atoms with Crippen molar-refractivity contribution in [3.05, 3.63) is 47.5 Å². The molecular weight excluding hydrogens is 334 g/mol. The quantitative estimate of drug-likeness (QED) is 0.831. The molecule has 3 rings (SSSR count). The van der Waals surface area contributed by atoms with Crippen LogP contribution in [-0.2, 0) is 11.2 Å². The van der Waals surface area contributed by atoms with Gasteiger partial charge in [-0.1, -0.05) is 12.1 Å². The Morgan fingerprint density at radius 1 is 1.15 bits per heavy atom. The Morgan fingerprint density at radius 3 is 2.73 bits per heavy atom. The number of ether oxygens (including phenoxy) is 3. The van der Waals surface area contributed by atoms with Crippen LogP contribution in [0.25, 0.3) is 0 Å². The molecule has 0 bridgehead atoms. The summed E-state index contributed by atoms with van der Waals surface area (Å²) in [5.74, 6) is 1.52. The van der Waals surface area contributed by atoms with Crippen LogP contribution < -0.4 is 19.5 Å². The third kappa shape index (κ3) is 3.91. The highest BCUT2D eigenvalue weighted by Crippen LogP contribution is 2.35. The second kappa shape index (κ2) is 8.10.